The molecule has 33 heavy (non-hydrogen) atoms. The number of aliphatic hydroxyl groups is 3. The highest BCUT2D eigenvalue weighted by molar-refractivity contribution is 5.76. The second-order valence-corrected chi connectivity index (χ2v) is 12.7. The molecule has 0 radical (unpaired) electrons. The maximum atomic E-state index is 13.0. The molecular formula is C28H46O5. The fraction of sp³-hybridized carbons (Fsp3) is 0.893. The van der Waals surface area contributed by atoms with Gasteiger partial charge in [-0.25, -0.2) is 0 Å². The molecule has 11 atom stereocenters. The van der Waals surface area contributed by atoms with Crippen molar-refractivity contribution < 1.29 is 25.2 Å². The van der Waals surface area contributed by atoms with Crippen LogP contribution in [0.25, 0.3) is 0 Å². The van der Waals surface area contributed by atoms with Crippen LogP contribution in [0.15, 0.2) is 11.6 Å². The molecule has 4 aliphatic carbocycles. The van der Waals surface area contributed by atoms with Crippen molar-refractivity contribution in [3.8, 4) is 0 Å². The molecule has 0 aromatic heterocycles. The van der Waals surface area contributed by atoms with Gasteiger partial charge in [0.15, 0.2) is 0 Å². The van der Waals surface area contributed by atoms with Crippen LogP contribution in [0.5, 0.6) is 0 Å². The zero-order valence-corrected chi connectivity index (χ0v) is 21.2. The molecule has 0 unspecified atom stereocenters. The molecule has 3 fully saturated rings. The quantitative estimate of drug-likeness (QED) is 0.431. The molecule has 5 nitrogen and oxygen atoms in total. The summed E-state index contributed by atoms with van der Waals surface area (Å²) >= 11 is 0. The number of fused-ring (bicyclic) bond motifs is 5. The number of carboxylic acids is 1. The molecule has 0 aromatic carbocycles. The van der Waals surface area contributed by atoms with E-state index in [1.54, 1.807) is 0 Å². The summed E-state index contributed by atoms with van der Waals surface area (Å²) < 4.78 is 0. The molecule has 0 heterocycles. The number of carboxylic acid groups (broad SMARTS) is 1. The van der Waals surface area contributed by atoms with Crippen molar-refractivity contribution >= 4 is 5.97 Å². The Kier molecular flexibility index (Phi) is 6.83. The largest absolute Gasteiger partial charge is 0.481 e. The summed E-state index contributed by atoms with van der Waals surface area (Å²) in [6, 6.07) is 0. The molecule has 188 valence electrons. The number of hydrogen-bond acceptors (Lipinski definition) is 4. The number of hydrogen-bond donors (Lipinski definition) is 4. The molecule has 4 rings (SSSR count). The lowest BCUT2D eigenvalue weighted by molar-refractivity contribution is -0.188. The average Bonchev–Trinajstić information content (AvgIpc) is 3.13. The SMILES string of the molecule is CC(C)[C@@H](C)CC[C@@H](C)[C@H]1CC[C@H]2[C@@H]3CC=C4C[C@@H](O)C[C@H](O)[C@]4(C)[C@H]3[C@H](O)C[C@]12C(=O)O. The molecule has 3 saturated carbocycles. The van der Waals surface area contributed by atoms with Gasteiger partial charge in [0.2, 0.25) is 0 Å². The maximum Gasteiger partial charge on any atom is 0.310 e. The smallest absolute Gasteiger partial charge is 0.310 e. The van der Waals surface area contributed by atoms with E-state index in [-0.39, 0.29) is 23.7 Å². The van der Waals surface area contributed by atoms with Crippen molar-refractivity contribution in [3.05, 3.63) is 11.6 Å². The molecule has 5 heteroatoms. The van der Waals surface area contributed by atoms with E-state index in [4.69, 9.17) is 0 Å². The summed E-state index contributed by atoms with van der Waals surface area (Å²) in [5.74, 6) is 0.883. The lowest BCUT2D eigenvalue weighted by Crippen LogP contribution is -2.62. The fourth-order valence-electron chi connectivity index (χ4n) is 8.76. The molecular weight excluding hydrogens is 416 g/mol. The fourth-order valence-corrected chi connectivity index (χ4v) is 8.76. The van der Waals surface area contributed by atoms with Crippen LogP contribution in [0.2, 0.25) is 0 Å². The Morgan fingerprint density at radius 3 is 2.45 bits per heavy atom. The standard InChI is InChI=1S/C28H46O5/c1-15(2)16(3)6-7-17(4)21-10-11-22-20-9-8-18-12-19(29)13-24(31)27(18,5)25(20)23(30)14-28(21,22)26(32)33/h8,15-17,19-25,29-31H,6-7,9-14H2,1-5H3,(H,32,33)/t16-,17+,19+,20-,21+,22-,23+,24-,25+,27+,28-/m0/s1. The van der Waals surface area contributed by atoms with Gasteiger partial charge in [0, 0.05) is 11.8 Å². The van der Waals surface area contributed by atoms with E-state index in [1.165, 1.54) is 0 Å². The Hall–Kier alpha value is -0.910. The third-order valence-electron chi connectivity index (χ3n) is 11.0. The zero-order valence-electron chi connectivity index (χ0n) is 21.2. The van der Waals surface area contributed by atoms with Crippen LogP contribution in [-0.4, -0.2) is 44.7 Å². The predicted molar refractivity (Wildman–Crippen MR) is 128 cm³/mol. The zero-order chi connectivity index (χ0) is 24.3. The van der Waals surface area contributed by atoms with Gasteiger partial charge in [-0.15, -0.1) is 0 Å². The van der Waals surface area contributed by atoms with Crippen LogP contribution in [0, 0.1) is 52.3 Å². The predicted octanol–water partition coefficient (Wildman–Crippen LogP) is 4.64. The highest BCUT2D eigenvalue weighted by atomic mass is 16.4. The van der Waals surface area contributed by atoms with Gasteiger partial charge in [0.05, 0.1) is 23.7 Å². The van der Waals surface area contributed by atoms with Gasteiger partial charge in [0.1, 0.15) is 0 Å². The highest BCUT2D eigenvalue weighted by Crippen LogP contribution is 2.67. The minimum Gasteiger partial charge on any atom is -0.481 e. The van der Waals surface area contributed by atoms with E-state index in [0.717, 1.165) is 37.7 Å². The van der Waals surface area contributed by atoms with Gasteiger partial charge in [-0.2, -0.15) is 0 Å². The van der Waals surface area contributed by atoms with Gasteiger partial charge < -0.3 is 20.4 Å². The monoisotopic (exact) mass is 462 g/mol. The first-order chi connectivity index (χ1) is 15.4. The highest BCUT2D eigenvalue weighted by Gasteiger charge is 2.68. The van der Waals surface area contributed by atoms with Crippen LogP contribution in [0.4, 0.5) is 0 Å². The van der Waals surface area contributed by atoms with Gasteiger partial charge >= 0.3 is 5.97 Å². The van der Waals surface area contributed by atoms with Crippen LogP contribution >= 0.6 is 0 Å². The van der Waals surface area contributed by atoms with Gasteiger partial charge in [0.25, 0.3) is 0 Å². The van der Waals surface area contributed by atoms with Crippen molar-refractivity contribution in [1.82, 2.24) is 0 Å². The van der Waals surface area contributed by atoms with Gasteiger partial charge in [-0.05, 0) is 73.5 Å². The van der Waals surface area contributed by atoms with Crippen molar-refractivity contribution in [1.29, 1.82) is 0 Å². The summed E-state index contributed by atoms with van der Waals surface area (Å²) in [6.45, 7) is 11.1. The summed E-state index contributed by atoms with van der Waals surface area (Å²) in [6.07, 6.45) is 6.04. The van der Waals surface area contributed by atoms with Crippen LogP contribution < -0.4 is 0 Å². The van der Waals surface area contributed by atoms with E-state index in [2.05, 4.69) is 33.8 Å². The van der Waals surface area contributed by atoms with Crippen molar-refractivity contribution in [3.63, 3.8) is 0 Å². The van der Waals surface area contributed by atoms with Crippen molar-refractivity contribution in [2.75, 3.05) is 0 Å². The summed E-state index contributed by atoms with van der Waals surface area (Å²) in [7, 11) is 0. The molecule has 4 aliphatic rings. The van der Waals surface area contributed by atoms with E-state index in [0.29, 0.717) is 37.0 Å². The van der Waals surface area contributed by atoms with Crippen LogP contribution in [0.1, 0.15) is 86.0 Å². The Balaban J connectivity index is 1.64. The maximum absolute atomic E-state index is 13.0. The number of allylic oxidation sites excluding steroid dienone is 1. The van der Waals surface area contributed by atoms with E-state index in [9.17, 15) is 25.2 Å². The van der Waals surface area contributed by atoms with E-state index in [1.807, 2.05) is 6.92 Å². The number of rotatable bonds is 6. The first kappa shape index (κ1) is 25.2. The Morgan fingerprint density at radius 2 is 1.82 bits per heavy atom. The Bertz CT molecular complexity index is 776. The van der Waals surface area contributed by atoms with E-state index < -0.39 is 35.1 Å². The van der Waals surface area contributed by atoms with Crippen LogP contribution in [-0.2, 0) is 4.79 Å². The molecule has 0 aliphatic heterocycles. The molecule has 0 amide bonds. The van der Waals surface area contributed by atoms with E-state index >= 15 is 0 Å². The second kappa shape index (κ2) is 8.95. The van der Waals surface area contributed by atoms with Gasteiger partial charge in [-0.1, -0.05) is 59.1 Å². The first-order valence-electron chi connectivity index (χ1n) is 13.4. The summed E-state index contributed by atoms with van der Waals surface area (Å²) in [4.78, 5) is 13.0. The molecule has 0 bridgehead atoms. The molecule has 0 aromatic rings. The topological polar surface area (TPSA) is 98.0 Å². The minimum atomic E-state index is -0.873. The third-order valence-corrected chi connectivity index (χ3v) is 11.0. The average molecular weight is 463 g/mol. The minimum absolute atomic E-state index is 0.0343. The lowest BCUT2D eigenvalue weighted by atomic mass is 9.45. The molecule has 4 N–H and O–H groups in total. The first-order valence-corrected chi connectivity index (χ1v) is 13.4. The molecule has 0 saturated heterocycles. The van der Waals surface area contributed by atoms with Gasteiger partial charge in [-0.3, -0.25) is 4.79 Å². The number of carbonyl (C=O) groups is 1. The second-order valence-electron chi connectivity index (χ2n) is 12.7. The summed E-state index contributed by atoms with van der Waals surface area (Å²) in [5.41, 5.74) is -0.396. The summed E-state index contributed by atoms with van der Waals surface area (Å²) in [5, 5.41) is 43.6. The molecule has 0 spiro atoms. The number of aliphatic carboxylic acids is 1. The van der Waals surface area contributed by atoms with Crippen molar-refractivity contribution in [2.45, 2.75) is 104 Å². The normalized spacial score (nSPS) is 46.7. The Labute approximate surface area is 199 Å². The van der Waals surface area contributed by atoms with Crippen molar-refractivity contribution in [2.24, 2.45) is 52.3 Å². The lowest BCUT2D eigenvalue weighted by Gasteiger charge is -2.60. The number of aliphatic hydroxyl groups excluding tert-OH is 3. The third kappa shape index (κ3) is 3.81. The van der Waals surface area contributed by atoms with Crippen LogP contribution in [0.3, 0.4) is 0 Å². The Morgan fingerprint density at radius 1 is 1.12 bits per heavy atom.